The Morgan fingerprint density at radius 2 is 2.38 bits per heavy atom. The number of aliphatic hydroxyl groups excluding tert-OH is 1. The van der Waals surface area contributed by atoms with Crippen molar-refractivity contribution in [3.63, 3.8) is 0 Å². The van der Waals surface area contributed by atoms with Gasteiger partial charge in [0, 0.05) is 43.7 Å². The lowest BCUT2D eigenvalue weighted by Gasteiger charge is -2.24. The van der Waals surface area contributed by atoms with Crippen molar-refractivity contribution in [2.45, 2.75) is 44.2 Å². The van der Waals surface area contributed by atoms with E-state index >= 15 is 0 Å². The van der Waals surface area contributed by atoms with Crippen LogP contribution in [-0.4, -0.2) is 55.2 Å². The van der Waals surface area contributed by atoms with Crippen molar-refractivity contribution in [1.29, 1.82) is 0 Å². The van der Waals surface area contributed by atoms with Gasteiger partial charge in [0.05, 0.1) is 0 Å². The number of carbonyl (C=O) groups excluding carboxylic acids is 2. The normalized spacial score (nSPS) is 20.2. The molecule has 7 nitrogen and oxygen atoms in total. The molecule has 1 aromatic heterocycles. The number of nitrogens with zero attached hydrogens (tertiary/aromatic N) is 3. The van der Waals surface area contributed by atoms with Crippen molar-refractivity contribution in [2.75, 3.05) is 13.2 Å². The Labute approximate surface area is 145 Å². The number of rotatable bonds is 7. The first-order chi connectivity index (χ1) is 11.5. The minimum atomic E-state index is -0.375. The van der Waals surface area contributed by atoms with Gasteiger partial charge < -0.3 is 19.3 Å². The van der Waals surface area contributed by atoms with E-state index in [1.807, 2.05) is 10.8 Å². The SMILES string of the molecule is C=CCOC(=O)N1C[C@@H](SC(C)=O)C[C@H]1CCn1ccnc1CO. The number of imidazole rings is 1. The van der Waals surface area contributed by atoms with E-state index in [-0.39, 0.29) is 35.7 Å². The number of hydrogen-bond donors (Lipinski definition) is 1. The molecule has 1 aliphatic heterocycles. The lowest BCUT2D eigenvalue weighted by Crippen LogP contribution is -2.37. The summed E-state index contributed by atoms with van der Waals surface area (Å²) in [6.07, 6.45) is 6.06. The zero-order valence-corrected chi connectivity index (χ0v) is 14.6. The standard InChI is InChI=1S/C16H23N3O4S/c1-3-8-23-16(22)19-10-14(24-12(2)21)9-13(19)4-6-18-7-5-17-15(18)11-20/h3,5,7,13-14,20H,1,4,6,8-11H2,2H3/t13-,14+/m1/s1. The number of aromatic nitrogens is 2. The van der Waals surface area contributed by atoms with Gasteiger partial charge >= 0.3 is 6.09 Å². The fourth-order valence-corrected chi connectivity index (χ4v) is 3.91. The molecule has 24 heavy (non-hydrogen) atoms. The summed E-state index contributed by atoms with van der Waals surface area (Å²) in [5.41, 5.74) is 0. The number of likely N-dealkylation sites (tertiary alicyclic amines) is 1. The van der Waals surface area contributed by atoms with Crippen molar-refractivity contribution in [3.8, 4) is 0 Å². The first kappa shape index (κ1) is 18.5. The van der Waals surface area contributed by atoms with Crippen molar-refractivity contribution in [2.24, 2.45) is 0 Å². The molecule has 0 bridgehead atoms. The van der Waals surface area contributed by atoms with E-state index in [1.54, 1.807) is 11.1 Å². The minimum Gasteiger partial charge on any atom is -0.445 e. The highest BCUT2D eigenvalue weighted by Gasteiger charge is 2.36. The summed E-state index contributed by atoms with van der Waals surface area (Å²) in [6, 6.07) is -0.00638. The minimum absolute atomic E-state index is 0.00638. The zero-order chi connectivity index (χ0) is 17.5. The van der Waals surface area contributed by atoms with Crippen LogP contribution in [0.5, 0.6) is 0 Å². The summed E-state index contributed by atoms with van der Waals surface area (Å²) >= 11 is 1.27. The van der Waals surface area contributed by atoms with Gasteiger partial charge in [0.15, 0.2) is 5.12 Å². The van der Waals surface area contributed by atoms with Crippen LogP contribution in [0.2, 0.25) is 0 Å². The Morgan fingerprint density at radius 3 is 3.04 bits per heavy atom. The first-order valence-corrected chi connectivity index (χ1v) is 8.75. The van der Waals surface area contributed by atoms with E-state index in [0.717, 1.165) is 6.42 Å². The van der Waals surface area contributed by atoms with Crippen LogP contribution in [0.3, 0.4) is 0 Å². The van der Waals surface area contributed by atoms with Crippen LogP contribution in [0, 0.1) is 0 Å². The second-order valence-electron chi connectivity index (χ2n) is 5.62. The van der Waals surface area contributed by atoms with Gasteiger partial charge in [0.2, 0.25) is 0 Å². The summed E-state index contributed by atoms with van der Waals surface area (Å²) in [5.74, 6) is 0.600. The van der Waals surface area contributed by atoms with Crippen LogP contribution in [0.25, 0.3) is 0 Å². The molecule has 1 aliphatic rings. The fraction of sp³-hybridized carbons (Fsp3) is 0.562. The molecule has 0 saturated carbocycles. The Morgan fingerprint density at radius 1 is 1.58 bits per heavy atom. The summed E-state index contributed by atoms with van der Waals surface area (Å²) in [5, 5.41) is 9.40. The summed E-state index contributed by atoms with van der Waals surface area (Å²) in [7, 11) is 0. The number of carbonyl (C=O) groups is 2. The molecule has 1 amide bonds. The van der Waals surface area contributed by atoms with E-state index in [0.29, 0.717) is 25.3 Å². The first-order valence-electron chi connectivity index (χ1n) is 7.87. The molecule has 0 unspecified atom stereocenters. The highest BCUT2D eigenvalue weighted by atomic mass is 32.2. The van der Waals surface area contributed by atoms with Gasteiger partial charge in [-0.05, 0) is 12.8 Å². The fourth-order valence-electron chi connectivity index (χ4n) is 2.89. The van der Waals surface area contributed by atoms with Crippen LogP contribution in [0.4, 0.5) is 4.79 Å². The number of aliphatic hydroxyl groups is 1. The molecule has 0 aromatic carbocycles. The Hall–Kier alpha value is -1.80. The molecule has 1 saturated heterocycles. The van der Waals surface area contributed by atoms with Crippen molar-refractivity contribution < 1.29 is 19.4 Å². The average Bonchev–Trinajstić information content (AvgIpc) is 3.16. The Kier molecular flexibility index (Phi) is 6.86. The lowest BCUT2D eigenvalue weighted by atomic mass is 10.1. The third-order valence-corrected chi connectivity index (χ3v) is 4.92. The van der Waals surface area contributed by atoms with Crippen LogP contribution in [-0.2, 0) is 22.7 Å². The van der Waals surface area contributed by atoms with Gasteiger partial charge in [-0.1, -0.05) is 24.4 Å². The molecule has 0 spiro atoms. The van der Waals surface area contributed by atoms with E-state index in [1.165, 1.54) is 24.8 Å². The second kappa shape index (κ2) is 8.89. The van der Waals surface area contributed by atoms with Crippen molar-refractivity contribution >= 4 is 23.0 Å². The predicted molar refractivity (Wildman–Crippen MR) is 91.5 cm³/mol. The van der Waals surface area contributed by atoms with Gasteiger partial charge in [-0.3, -0.25) is 4.79 Å². The van der Waals surface area contributed by atoms with Gasteiger partial charge in [0.1, 0.15) is 19.0 Å². The van der Waals surface area contributed by atoms with Crippen molar-refractivity contribution in [3.05, 3.63) is 30.9 Å². The number of thioether (sulfide) groups is 1. The third kappa shape index (κ3) is 4.85. The molecule has 2 heterocycles. The maximum Gasteiger partial charge on any atom is 0.410 e. The van der Waals surface area contributed by atoms with Gasteiger partial charge in [-0.2, -0.15) is 0 Å². The quantitative estimate of drug-likeness (QED) is 0.753. The third-order valence-electron chi connectivity index (χ3n) is 3.91. The van der Waals surface area contributed by atoms with Crippen LogP contribution in [0.15, 0.2) is 25.0 Å². The van der Waals surface area contributed by atoms with E-state index in [2.05, 4.69) is 11.6 Å². The smallest absolute Gasteiger partial charge is 0.410 e. The Balaban J connectivity index is 2.00. The molecule has 8 heteroatoms. The number of aryl methyl sites for hydroxylation is 1. The molecule has 2 rings (SSSR count). The zero-order valence-electron chi connectivity index (χ0n) is 13.8. The molecule has 2 atom stereocenters. The van der Waals surface area contributed by atoms with E-state index in [4.69, 9.17) is 4.74 Å². The number of hydrogen-bond acceptors (Lipinski definition) is 6. The molecule has 0 aliphatic carbocycles. The monoisotopic (exact) mass is 353 g/mol. The maximum atomic E-state index is 12.2. The second-order valence-corrected chi connectivity index (χ2v) is 7.10. The topological polar surface area (TPSA) is 84.7 Å². The lowest BCUT2D eigenvalue weighted by molar-refractivity contribution is -0.109. The molecule has 1 N–H and O–H groups in total. The highest BCUT2D eigenvalue weighted by molar-refractivity contribution is 8.14. The molecule has 1 aromatic rings. The van der Waals surface area contributed by atoms with E-state index < -0.39 is 0 Å². The number of ether oxygens (including phenoxy) is 1. The van der Waals surface area contributed by atoms with Crippen LogP contribution < -0.4 is 0 Å². The summed E-state index contributed by atoms with van der Waals surface area (Å²) < 4.78 is 7.03. The van der Waals surface area contributed by atoms with Crippen molar-refractivity contribution in [1.82, 2.24) is 14.5 Å². The van der Waals surface area contributed by atoms with Crippen LogP contribution in [0.1, 0.15) is 25.6 Å². The summed E-state index contributed by atoms with van der Waals surface area (Å²) in [4.78, 5) is 29.4. The molecule has 1 fully saturated rings. The molecular weight excluding hydrogens is 330 g/mol. The summed E-state index contributed by atoms with van der Waals surface area (Å²) in [6.45, 7) is 6.28. The van der Waals surface area contributed by atoms with E-state index in [9.17, 15) is 14.7 Å². The Bertz CT molecular complexity index is 590. The molecular formula is C16H23N3O4S. The predicted octanol–water partition coefficient (Wildman–Crippen LogP) is 1.81. The van der Waals surface area contributed by atoms with Crippen LogP contribution >= 0.6 is 11.8 Å². The van der Waals surface area contributed by atoms with Gasteiger partial charge in [0.25, 0.3) is 0 Å². The molecule has 0 radical (unpaired) electrons. The van der Waals surface area contributed by atoms with Gasteiger partial charge in [-0.25, -0.2) is 9.78 Å². The average molecular weight is 353 g/mol. The maximum absolute atomic E-state index is 12.2. The largest absolute Gasteiger partial charge is 0.445 e. The van der Waals surface area contributed by atoms with Gasteiger partial charge in [-0.15, -0.1) is 0 Å². The number of amides is 1. The highest BCUT2D eigenvalue weighted by Crippen LogP contribution is 2.30. The molecule has 132 valence electrons.